The highest BCUT2D eigenvalue weighted by Gasteiger charge is 2.13. The molecular formula is C12H9Cl2NO3. The number of ether oxygens (including phenoxy) is 1. The minimum absolute atomic E-state index is 0.0369. The van der Waals surface area contributed by atoms with Crippen LogP contribution in [-0.2, 0) is 9.53 Å². The Balaban J connectivity index is 3.22. The maximum absolute atomic E-state index is 11.4. The normalized spacial score (nSPS) is 10.9. The Labute approximate surface area is 114 Å². The molecule has 4 nitrogen and oxygen atoms in total. The number of hydrogen-bond donors (Lipinski definition) is 1. The quantitative estimate of drug-likeness (QED) is 0.526. The lowest BCUT2D eigenvalue weighted by molar-refractivity contribution is -0.137. The number of phenols is 1. The van der Waals surface area contributed by atoms with E-state index < -0.39 is 5.97 Å². The Bertz CT molecular complexity index is 547. The number of nitriles is 1. The van der Waals surface area contributed by atoms with E-state index >= 15 is 0 Å². The number of hydrogen-bond acceptors (Lipinski definition) is 4. The van der Waals surface area contributed by atoms with Gasteiger partial charge in [-0.05, 0) is 25.1 Å². The van der Waals surface area contributed by atoms with Crippen LogP contribution in [0.3, 0.4) is 0 Å². The van der Waals surface area contributed by atoms with Gasteiger partial charge in [0.25, 0.3) is 0 Å². The number of benzene rings is 1. The molecule has 18 heavy (non-hydrogen) atoms. The largest absolute Gasteiger partial charge is 0.506 e. The van der Waals surface area contributed by atoms with Gasteiger partial charge in [-0.1, -0.05) is 23.2 Å². The van der Waals surface area contributed by atoms with Gasteiger partial charge in [-0.15, -0.1) is 0 Å². The van der Waals surface area contributed by atoms with Crippen LogP contribution in [0.4, 0.5) is 0 Å². The number of nitrogens with zero attached hydrogens (tertiary/aromatic N) is 1. The van der Waals surface area contributed by atoms with Crippen LogP contribution in [-0.4, -0.2) is 17.7 Å². The third-order valence-electron chi connectivity index (χ3n) is 1.97. The van der Waals surface area contributed by atoms with Gasteiger partial charge in [-0.25, -0.2) is 4.79 Å². The lowest BCUT2D eigenvalue weighted by Gasteiger charge is -2.04. The number of carbonyl (C=O) groups excluding carboxylic acids is 1. The summed E-state index contributed by atoms with van der Waals surface area (Å²) in [5.74, 6) is -1.02. The summed E-state index contributed by atoms with van der Waals surface area (Å²) in [7, 11) is 0. The van der Waals surface area contributed by atoms with Crippen LogP contribution in [0.25, 0.3) is 6.08 Å². The smallest absolute Gasteiger partial charge is 0.348 e. The van der Waals surface area contributed by atoms with Crippen LogP contribution in [0.15, 0.2) is 17.7 Å². The van der Waals surface area contributed by atoms with E-state index in [-0.39, 0.29) is 33.5 Å². The fourth-order valence-corrected chi connectivity index (χ4v) is 1.71. The molecule has 1 N–H and O–H groups in total. The molecule has 0 saturated heterocycles. The van der Waals surface area contributed by atoms with Gasteiger partial charge in [0.15, 0.2) is 0 Å². The number of carbonyl (C=O) groups is 1. The van der Waals surface area contributed by atoms with Crippen LogP contribution in [0, 0.1) is 11.3 Å². The summed E-state index contributed by atoms with van der Waals surface area (Å²) in [5, 5.41) is 18.8. The van der Waals surface area contributed by atoms with Gasteiger partial charge in [0, 0.05) is 10.6 Å². The lowest BCUT2D eigenvalue weighted by atomic mass is 10.1. The van der Waals surface area contributed by atoms with Gasteiger partial charge >= 0.3 is 5.97 Å². The molecule has 0 aliphatic heterocycles. The van der Waals surface area contributed by atoms with Gasteiger partial charge in [0.1, 0.15) is 17.4 Å². The highest BCUT2D eigenvalue weighted by molar-refractivity contribution is 6.35. The zero-order valence-electron chi connectivity index (χ0n) is 9.41. The van der Waals surface area contributed by atoms with Crippen molar-refractivity contribution in [2.75, 3.05) is 6.61 Å². The van der Waals surface area contributed by atoms with Crippen molar-refractivity contribution in [3.05, 3.63) is 33.3 Å². The molecule has 0 unspecified atom stereocenters. The highest BCUT2D eigenvalue weighted by Crippen LogP contribution is 2.32. The molecule has 1 aromatic rings. The van der Waals surface area contributed by atoms with Crippen molar-refractivity contribution in [3.8, 4) is 11.8 Å². The monoisotopic (exact) mass is 285 g/mol. The van der Waals surface area contributed by atoms with Gasteiger partial charge < -0.3 is 9.84 Å². The molecule has 0 atom stereocenters. The number of phenolic OH excluding ortho intramolecular Hbond substituents is 1. The molecule has 0 amide bonds. The van der Waals surface area contributed by atoms with Crippen LogP contribution >= 0.6 is 23.2 Å². The predicted octanol–water partition coefficient (Wildman–Crippen LogP) is 3.17. The van der Waals surface area contributed by atoms with Crippen molar-refractivity contribution in [3.63, 3.8) is 0 Å². The molecule has 0 aliphatic carbocycles. The number of rotatable bonds is 3. The molecule has 0 radical (unpaired) electrons. The predicted molar refractivity (Wildman–Crippen MR) is 68.3 cm³/mol. The fourth-order valence-electron chi connectivity index (χ4n) is 1.20. The van der Waals surface area contributed by atoms with Crippen molar-refractivity contribution >= 4 is 35.2 Å². The summed E-state index contributed by atoms with van der Waals surface area (Å²) in [6.07, 6.45) is 1.17. The second-order valence-electron chi connectivity index (χ2n) is 3.22. The van der Waals surface area contributed by atoms with E-state index in [1.54, 1.807) is 13.0 Å². The molecule has 94 valence electrons. The minimum atomic E-state index is -0.768. The minimum Gasteiger partial charge on any atom is -0.506 e. The molecule has 0 saturated carbocycles. The SMILES string of the molecule is CCOC(=O)/C(C#N)=C/c1cc(Cl)cc(Cl)c1O. The number of halogens is 2. The van der Waals surface area contributed by atoms with E-state index in [1.165, 1.54) is 18.2 Å². The summed E-state index contributed by atoms with van der Waals surface area (Å²) in [6, 6.07) is 4.43. The summed E-state index contributed by atoms with van der Waals surface area (Å²) in [4.78, 5) is 11.4. The third-order valence-corrected chi connectivity index (χ3v) is 2.48. The maximum Gasteiger partial charge on any atom is 0.348 e. The van der Waals surface area contributed by atoms with E-state index in [0.717, 1.165) is 0 Å². The van der Waals surface area contributed by atoms with E-state index in [2.05, 4.69) is 0 Å². The molecule has 0 spiro atoms. The van der Waals surface area contributed by atoms with Crippen LogP contribution < -0.4 is 0 Å². The Kier molecular flexibility index (Phi) is 5.02. The Morgan fingerprint density at radius 1 is 1.56 bits per heavy atom. The van der Waals surface area contributed by atoms with Crippen molar-refractivity contribution in [1.29, 1.82) is 5.26 Å². The molecule has 0 aromatic heterocycles. The summed E-state index contributed by atoms with van der Waals surface area (Å²) >= 11 is 11.5. The molecular weight excluding hydrogens is 277 g/mol. The molecule has 6 heteroatoms. The lowest BCUT2D eigenvalue weighted by Crippen LogP contribution is -2.06. The van der Waals surface area contributed by atoms with E-state index in [4.69, 9.17) is 33.2 Å². The standard InChI is InChI=1S/C12H9Cl2NO3/c1-2-18-12(17)8(6-15)3-7-4-9(13)5-10(14)11(7)16/h3-5,16H,2H2,1H3/b8-3+. The van der Waals surface area contributed by atoms with Crippen molar-refractivity contribution < 1.29 is 14.6 Å². The van der Waals surface area contributed by atoms with Gasteiger partial charge in [0.2, 0.25) is 0 Å². The molecule has 0 bridgehead atoms. The first-order valence-corrected chi connectivity index (χ1v) is 5.72. The molecule has 1 rings (SSSR count). The zero-order valence-corrected chi connectivity index (χ0v) is 10.9. The average molecular weight is 286 g/mol. The van der Waals surface area contributed by atoms with Gasteiger partial charge in [0.05, 0.1) is 11.6 Å². The third kappa shape index (κ3) is 3.39. The second kappa shape index (κ2) is 6.29. The Morgan fingerprint density at radius 2 is 2.22 bits per heavy atom. The number of aromatic hydroxyl groups is 1. The van der Waals surface area contributed by atoms with Gasteiger partial charge in [-0.3, -0.25) is 0 Å². The first-order chi connectivity index (χ1) is 8.49. The average Bonchev–Trinajstić information content (AvgIpc) is 2.32. The molecule has 0 heterocycles. The van der Waals surface area contributed by atoms with Crippen molar-refractivity contribution in [1.82, 2.24) is 0 Å². The van der Waals surface area contributed by atoms with E-state index in [0.29, 0.717) is 0 Å². The Morgan fingerprint density at radius 3 is 2.78 bits per heavy atom. The van der Waals surface area contributed by atoms with Crippen LogP contribution in [0.5, 0.6) is 5.75 Å². The van der Waals surface area contributed by atoms with Crippen LogP contribution in [0.2, 0.25) is 10.0 Å². The van der Waals surface area contributed by atoms with Crippen LogP contribution in [0.1, 0.15) is 12.5 Å². The highest BCUT2D eigenvalue weighted by atomic mass is 35.5. The first kappa shape index (κ1) is 14.4. The first-order valence-electron chi connectivity index (χ1n) is 4.96. The molecule has 0 fully saturated rings. The molecule has 1 aromatic carbocycles. The van der Waals surface area contributed by atoms with Crippen molar-refractivity contribution in [2.24, 2.45) is 0 Å². The maximum atomic E-state index is 11.4. The number of esters is 1. The fraction of sp³-hybridized carbons (Fsp3) is 0.167. The van der Waals surface area contributed by atoms with E-state index in [1.807, 2.05) is 0 Å². The summed E-state index contributed by atoms with van der Waals surface area (Å²) in [5.41, 5.74) is -0.0670. The van der Waals surface area contributed by atoms with Crippen molar-refractivity contribution in [2.45, 2.75) is 6.92 Å². The summed E-state index contributed by atoms with van der Waals surface area (Å²) in [6.45, 7) is 1.78. The second-order valence-corrected chi connectivity index (χ2v) is 4.06. The Hall–Kier alpha value is -1.70. The zero-order chi connectivity index (χ0) is 13.7. The topological polar surface area (TPSA) is 70.3 Å². The summed E-state index contributed by atoms with van der Waals surface area (Å²) < 4.78 is 4.69. The van der Waals surface area contributed by atoms with E-state index in [9.17, 15) is 9.90 Å². The molecule has 0 aliphatic rings. The van der Waals surface area contributed by atoms with Gasteiger partial charge in [-0.2, -0.15) is 5.26 Å².